The normalized spacial score (nSPS) is 18.0. The highest BCUT2D eigenvalue weighted by Crippen LogP contribution is 2.56. The van der Waals surface area contributed by atoms with Crippen molar-refractivity contribution < 1.29 is 9.18 Å². The molecule has 3 nitrogen and oxygen atoms in total. The fourth-order valence-corrected chi connectivity index (χ4v) is 5.75. The molecule has 0 radical (unpaired) electrons. The van der Waals surface area contributed by atoms with Crippen LogP contribution in [0.3, 0.4) is 0 Å². The molecule has 1 aliphatic rings. The molecule has 2 aromatic carbocycles. The number of benzene rings is 2. The molecule has 1 aromatic heterocycles. The number of fused-ring (bicyclic) bond motifs is 5. The van der Waals surface area contributed by atoms with E-state index in [1.165, 1.54) is 0 Å². The summed E-state index contributed by atoms with van der Waals surface area (Å²) in [6.07, 6.45) is 0. The van der Waals surface area contributed by atoms with Crippen LogP contribution in [0.15, 0.2) is 53.4 Å². The minimum atomic E-state index is -0.753. The van der Waals surface area contributed by atoms with Crippen LogP contribution in [0.1, 0.15) is 26.3 Å². The van der Waals surface area contributed by atoms with Crippen LogP contribution in [-0.2, 0) is 16.1 Å². The Morgan fingerprint density at radius 1 is 1.11 bits per heavy atom. The number of rotatable bonds is 5. The number of carbonyl (C=O) groups excluding carboxylic acids is 1. The maximum atomic E-state index is 13.7. The molecule has 146 valence electrons. The molecule has 0 fully saturated rings. The quantitative estimate of drug-likeness (QED) is 0.573. The van der Waals surface area contributed by atoms with Gasteiger partial charge >= 0.3 is 0 Å². The standard InChI is InChI=1S/C23H25FN2OS/c1-4-25(5-2)22(27)23(3)20-16-10-6-8-12-18(16)26(15-14-24)21(20)17-11-7-9-13-19(17)28-23/h6-13H,4-5,14-15H2,1-3H3/i24-1. The topological polar surface area (TPSA) is 25.2 Å². The molecule has 0 saturated heterocycles. The molecule has 28 heavy (non-hydrogen) atoms. The van der Waals surface area contributed by atoms with Crippen molar-refractivity contribution in [2.75, 3.05) is 19.8 Å². The van der Waals surface area contributed by atoms with E-state index in [2.05, 4.69) is 22.8 Å². The largest absolute Gasteiger partial charge is 0.342 e. The number of nitrogens with zero attached hydrogens (tertiary/aromatic N) is 2. The molecule has 0 N–H and O–H groups in total. The SMILES string of the molecule is CCN(CC)C(=O)C1(C)Sc2ccccc2-c2c1c1ccccc1n2CC[18F]. The number of hydrogen-bond acceptors (Lipinski definition) is 2. The van der Waals surface area contributed by atoms with Crippen molar-refractivity contribution in [3.05, 3.63) is 54.1 Å². The second-order valence-corrected chi connectivity index (χ2v) is 8.65. The summed E-state index contributed by atoms with van der Waals surface area (Å²) in [5.74, 6) is 0.112. The van der Waals surface area contributed by atoms with Crippen molar-refractivity contribution in [2.45, 2.75) is 37.0 Å². The molecule has 0 saturated carbocycles. The van der Waals surface area contributed by atoms with E-state index in [0.717, 1.165) is 32.6 Å². The molecule has 4 rings (SSSR count). The molecule has 3 aromatic rings. The first-order chi connectivity index (χ1) is 13.6. The first kappa shape index (κ1) is 19.1. The summed E-state index contributed by atoms with van der Waals surface area (Å²) in [4.78, 5) is 16.7. The maximum absolute atomic E-state index is 13.7. The van der Waals surface area contributed by atoms with Gasteiger partial charge in [-0.05, 0) is 32.9 Å². The Morgan fingerprint density at radius 3 is 2.50 bits per heavy atom. The highest BCUT2D eigenvalue weighted by molar-refractivity contribution is 8.01. The smallest absolute Gasteiger partial charge is 0.243 e. The summed E-state index contributed by atoms with van der Waals surface area (Å²) in [6.45, 7) is 7.24. The number of alkyl halides is 1. The molecular formula is C23H25FN2OS. The van der Waals surface area contributed by atoms with Crippen LogP contribution < -0.4 is 0 Å². The maximum Gasteiger partial charge on any atom is 0.243 e. The van der Waals surface area contributed by atoms with E-state index in [0.29, 0.717) is 13.1 Å². The molecule has 1 atom stereocenters. The highest BCUT2D eigenvalue weighted by Gasteiger charge is 2.46. The molecule has 2 heterocycles. The van der Waals surface area contributed by atoms with E-state index in [1.807, 2.05) is 56.0 Å². The molecule has 0 spiro atoms. The molecule has 1 unspecified atom stereocenters. The number of carbonyl (C=O) groups is 1. The average Bonchev–Trinajstić information content (AvgIpc) is 3.05. The lowest BCUT2D eigenvalue weighted by molar-refractivity contribution is -0.133. The predicted molar refractivity (Wildman–Crippen MR) is 114 cm³/mol. The van der Waals surface area contributed by atoms with Gasteiger partial charge in [0.05, 0.1) is 12.2 Å². The van der Waals surface area contributed by atoms with Crippen molar-refractivity contribution >= 4 is 28.6 Å². The Balaban J connectivity index is 2.09. The van der Waals surface area contributed by atoms with E-state index in [4.69, 9.17) is 0 Å². The number of likely N-dealkylation sites (N-methyl/N-ethyl adjacent to an activating group) is 1. The van der Waals surface area contributed by atoms with Crippen molar-refractivity contribution in [3.8, 4) is 11.3 Å². The van der Waals surface area contributed by atoms with Gasteiger partial charge in [-0.15, -0.1) is 11.8 Å². The van der Waals surface area contributed by atoms with Gasteiger partial charge in [0.15, 0.2) is 0 Å². The number of aryl methyl sites for hydroxylation is 1. The lowest BCUT2D eigenvalue weighted by Crippen LogP contribution is -2.44. The van der Waals surface area contributed by atoms with Crippen molar-refractivity contribution in [3.63, 3.8) is 0 Å². The highest BCUT2D eigenvalue weighted by atomic mass is 32.2. The minimum Gasteiger partial charge on any atom is -0.342 e. The molecule has 0 bridgehead atoms. The summed E-state index contributed by atoms with van der Waals surface area (Å²) in [5, 5.41) is 1.04. The first-order valence-corrected chi connectivity index (χ1v) is 10.6. The fraction of sp³-hybridized carbons (Fsp3) is 0.348. The fourth-order valence-electron chi connectivity index (χ4n) is 4.37. The molecule has 0 aliphatic carbocycles. The Labute approximate surface area is 169 Å². The van der Waals surface area contributed by atoms with Gasteiger partial charge < -0.3 is 9.47 Å². The van der Waals surface area contributed by atoms with Crippen LogP contribution in [0.5, 0.6) is 0 Å². The van der Waals surface area contributed by atoms with Gasteiger partial charge in [0, 0.05) is 40.0 Å². The number of para-hydroxylation sites is 1. The van der Waals surface area contributed by atoms with Crippen LogP contribution in [0.2, 0.25) is 0 Å². The number of hydrogen-bond donors (Lipinski definition) is 0. The van der Waals surface area contributed by atoms with E-state index in [9.17, 15) is 9.18 Å². The third-order valence-electron chi connectivity index (χ3n) is 5.67. The second kappa shape index (κ2) is 7.28. The molecule has 5 heteroatoms. The summed E-state index contributed by atoms with van der Waals surface area (Å²) in [6, 6.07) is 16.2. The monoisotopic (exact) mass is 395 g/mol. The summed E-state index contributed by atoms with van der Waals surface area (Å²) in [5.41, 5.74) is 4.06. The van der Waals surface area contributed by atoms with Crippen LogP contribution in [0.25, 0.3) is 22.2 Å². The van der Waals surface area contributed by atoms with Crippen LogP contribution in [-0.4, -0.2) is 35.1 Å². The van der Waals surface area contributed by atoms with E-state index < -0.39 is 11.4 Å². The minimum absolute atomic E-state index is 0.112. The third kappa shape index (κ3) is 2.67. The zero-order valence-corrected chi connectivity index (χ0v) is 17.4. The molecular weight excluding hydrogens is 370 g/mol. The van der Waals surface area contributed by atoms with E-state index in [1.54, 1.807) is 11.8 Å². The zero-order valence-electron chi connectivity index (χ0n) is 16.5. The van der Waals surface area contributed by atoms with Crippen LogP contribution in [0, 0.1) is 0 Å². The van der Waals surface area contributed by atoms with E-state index >= 15 is 0 Å². The van der Waals surface area contributed by atoms with Gasteiger partial charge in [0.1, 0.15) is 11.4 Å². The molecule has 1 amide bonds. The van der Waals surface area contributed by atoms with E-state index in [-0.39, 0.29) is 12.5 Å². The van der Waals surface area contributed by atoms with Gasteiger partial charge in [-0.2, -0.15) is 0 Å². The average molecular weight is 396 g/mol. The summed E-state index contributed by atoms with van der Waals surface area (Å²) >= 11 is 1.62. The lowest BCUT2D eigenvalue weighted by Gasteiger charge is -2.37. The zero-order chi connectivity index (χ0) is 19.9. The Kier molecular flexibility index (Phi) is 4.96. The first-order valence-electron chi connectivity index (χ1n) is 9.82. The Morgan fingerprint density at radius 2 is 1.79 bits per heavy atom. The second-order valence-electron chi connectivity index (χ2n) is 7.19. The van der Waals surface area contributed by atoms with Crippen LogP contribution >= 0.6 is 11.8 Å². The predicted octanol–water partition coefficient (Wildman–Crippen LogP) is 5.47. The van der Waals surface area contributed by atoms with Gasteiger partial charge in [-0.1, -0.05) is 36.4 Å². The number of halogens is 1. The van der Waals surface area contributed by atoms with Gasteiger partial charge in [0.2, 0.25) is 5.91 Å². The Hall–Kier alpha value is -2.27. The number of thioether (sulfide) groups is 1. The van der Waals surface area contributed by atoms with Crippen molar-refractivity contribution in [1.29, 1.82) is 0 Å². The molecule has 1 aliphatic heterocycles. The lowest BCUT2D eigenvalue weighted by atomic mass is 9.91. The van der Waals surface area contributed by atoms with Crippen molar-refractivity contribution in [2.24, 2.45) is 0 Å². The third-order valence-corrected chi connectivity index (χ3v) is 7.03. The van der Waals surface area contributed by atoms with Gasteiger partial charge in [-0.3, -0.25) is 4.79 Å². The summed E-state index contributed by atoms with van der Waals surface area (Å²) < 4.78 is 14.8. The number of amides is 1. The van der Waals surface area contributed by atoms with Crippen molar-refractivity contribution in [1.82, 2.24) is 9.47 Å². The summed E-state index contributed by atoms with van der Waals surface area (Å²) in [7, 11) is 0. The Bertz CT molecular complexity index is 1040. The van der Waals surface area contributed by atoms with Gasteiger partial charge in [-0.25, -0.2) is 4.39 Å². The van der Waals surface area contributed by atoms with Crippen LogP contribution in [0.4, 0.5) is 4.39 Å². The van der Waals surface area contributed by atoms with Gasteiger partial charge in [0.25, 0.3) is 0 Å². The number of aromatic nitrogens is 1.